The molecule has 1 heterocycles. The highest BCUT2D eigenvalue weighted by Gasteiger charge is 2.22. The van der Waals surface area contributed by atoms with E-state index in [1.807, 2.05) is 0 Å². The average molecular weight is 216 g/mol. The molecule has 15 heavy (non-hydrogen) atoms. The van der Waals surface area contributed by atoms with Crippen LogP contribution in [0, 0.1) is 0 Å². The Bertz CT molecular complexity index is 174. The molecule has 0 bridgehead atoms. The smallest absolute Gasteiger partial charge is 0.169 e. The van der Waals surface area contributed by atoms with Crippen molar-refractivity contribution in [3.05, 3.63) is 0 Å². The molecule has 4 nitrogen and oxygen atoms in total. The maximum Gasteiger partial charge on any atom is 0.169 e. The zero-order valence-corrected chi connectivity index (χ0v) is 10.3. The number of nitrogens with zero attached hydrogens (tertiary/aromatic N) is 1. The Morgan fingerprint density at radius 2 is 2.07 bits per heavy atom. The average Bonchev–Trinajstić information content (AvgIpc) is 2.24. The summed E-state index contributed by atoms with van der Waals surface area (Å²) in [7, 11) is 5.54. The highest BCUT2D eigenvalue weighted by molar-refractivity contribution is 4.81. The molecule has 4 heteroatoms. The molecule has 0 aliphatic carbocycles. The number of likely N-dealkylation sites (tertiary alicyclic amines) is 1. The first-order valence-corrected chi connectivity index (χ1v) is 5.66. The van der Waals surface area contributed by atoms with Crippen molar-refractivity contribution < 1.29 is 9.47 Å². The Hall–Kier alpha value is -0.160. The van der Waals surface area contributed by atoms with Gasteiger partial charge in [-0.25, -0.2) is 0 Å². The van der Waals surface area contributed by atoms with Gasteiger partial charge in [-0.2, -0.15) is 0 Å². The molecule has 0 radical (unpaired) electrons. The molecule has 0 saturated carbocycles. The van der Waals surface area contributed by atoms with Gasteiger partial charge >= 0.3 is 0 Å². The lowest BCUT2D eigenvalue weighted by molar-refractivity contribution is -0.101. The third kappa shape index (κ3) is 4.07. The largest absolute Gasteiger partial charge is 0.355 e. The van der Waals surface area contributed by atoms with Crippen molar-refractivity contribution in [1.82, 2.24) is 10.2 Å². The van der Waals surface area contributed by atoms with Crippen molar-refractivity contribution in [2.45, 2.75) is 38.1 Å². The molecule has 1 aliphatic rings. The topological polar surface area (TPSA) is 33.7 Å². The number of hydrogen-bond acceptors (Lipinski definition) is 4. The van der Waals surface area contributed by atoms with Gasteiger partial charge < -0.3 is 19.7 Å². The SMILES string of the molecule is COC(CNC1CCN(C)C(C)C1)OC. The van der Waals surface area contributed by atoms with Crippen LogP contribution in [-0.4, -0.2) is 57.6 Å². The summed E-state index contributed by atoms with van der Waals surface area (Å²) in [6, 6.07) is 1.27. The number of methoxy groups -OCH3 is 2. The minimum atomic E-state index is -0.125. The fourth-order valence-corrected chi connectivity index (χ4v) is 2.00. The predicted octanol–water partition coefficient (Wildman–Crippen LogP) is 0.678. The van der Waals surface area contributed by atoms with E-state index >= 15 is 0 Å². The Balaban J connectivity index is 2.22. The van der Waals surface area contributed by atoms with Gasteiger partial charge in [-0.05, 0) is 33.4 Å². The van der Waals surface area contributed by atoms with Crippen LogP contribution >= 0.6 is 0 Å². The molecule has 1 fully saturated rings. The van der Waals surface area contributed by atoms with Crippen molar-refractivity contribution in [2.75, 3.05) is 34.4 Å². The van der Waals surface area contributed by atoms with Gasteiger partial charge in [0.2, 0.25) is 0 Å². The second kappa shape index (κ2) is 6.43. The first-order valence-electron chi connectivity index (χ1n) is 5.66. The van der Waals surface area contributed by atoms with Crippen molar-refractivity contribution in [3.8, 4) is 0 Å². The van der Waals surface area contributed by atoms with Crippen LogP contribution in [0.5, 0.6) is 0 Å². The lowest BCUT2D eigenvalue weighted by atomic mass is 9.99. The number of nitrogens with one attached hydrogen (secondary N) is 1. The minimum absolute atomic E-state index is 0.125. The predicted molar refractivity (Wildman–Crippen MR) is 60.9 cm³/mol. The van der Waals surface area contributed by atoms with E-state index in [9.17, 15) is 0 Å². The maximum absolute atomic E-state index is 5.14. The van der Waals surface area contributed by atoms with E-state index in [0.717, 1.165) is 6.54 Å². The molecule has 90 valence electrons. The van der Waals surface area contributed by atoms with E-state index in [4.69, 9.17) is 9.47 Å². The molecule has 1 rings (SSSR count). The standard InChI is InChI=1S/C11H24N2O2/c1-9-7-10(5-6-13(9)2)12-8-11(14-3)15-4/h9-12H,5-8H2,1-4H3. The normalized spacial score (nSPS) is 28.6. The summed E-state index contributed by atoms with van der Waals surface area (Å²) in [6.07, 6.45) is 2.29. The molecular formula is C11H24N2O2. The quantitative estimate of drug-likeness (QED) is 0.685. The Morgan fingerprint density at radius 1 is 1.40 bits per heavy atom. The van der Waals surface area contributed by atoms with Crippen LogP contribution in [0.15, 0.2) is 0 Å². The van der Waals surface area contributed by atoms with Crippen LogP contribution in [0.25, 0.3) is 0 Å². The van der Waals surface area contributed by atoms with Crippen LogP contribution < -0.4 is 5.32 Å². The van der Waals surface area contributed by atoms with Gasteiger partial charge in [0.25, 0.3) is 0 Å². The molecule has 0 amide bonds. The number of piperidine rings is 1. The van der Waals surface area contributed by atoms with Crippen molar-refractivity contribution in [1.29, 1.82) is 0 Å². The van der Waals surface area contributed by atoms with Crippen molar-refractivity contribution >= 4 is 0 Å². The molecule has 1 saturated heterocycles. The Kier molecular flexibility index (Phi) is 5.53. The number of ether oxygens (including phenoxy) is 2. The number of rotatable bonds is 5. The van der Waals surface area contributed by atoms with Gasteiger partial charge in [0.1, 0.15) is 0 Å². The summed E-state index contributed by atoms with van der Waals surface area (Å²) in [6.45, 7) is 4.22. The molecule has 0 aromatic carbocycles. The van der Waals surface area contributed by atoms with E-state index in [1.54, 1.807) is 14.2 Å². The molecule has 0 aromatic rings. The van der Waals surface area contributed by atoms with Gasteiger partial charge in [0.05, 0.1) is 0 Å². The zero-order chi connectivity index (χ0) is 11.3. The van der Waals surface area contributed by atoms with Crippen molar-refractivity contribution in [3.63, 3.8) is 0 Å². The maximum atomic E-state index is 5.14. The van der Waals surface area contributed by atoms with E-state index in [0.29, 0.717) is 12.1 Å². The molecule has 2 atom stereocenters. The lowest BCUT2D eigenvalue weighted by Crippen LogP contribution is -2.47. The Labute approximate surface area is 92.9 Å². The highest BCUT2D eigenvalue weighted by Crippen LogP contribution is 2.15. The molecule has 1 N–H and O–H groups in total. The summed E-state index contributed by atoms with van der Waals surface area (Å²) >= 11 is 0. The third-order valence-corrected chi connectivity index (χ3v) is 3.31. The molecular weight excluding hydrogens is 192 g/mol. The van der Waals surface area contributed by atoms with Crippen LogP contribution in [0.4, 0.5) is 0 Å². The summed E-state index contributed by atoms with van der Waals surface area (Å²) in [5, 5.41) is 3.50. The lowest BCUT2D eigenvalue weighted by Gasteiger charge is -2.35. The monoisotopic (exact) mass is 216 g/mol. The first kappa shape index (κ1) is 12.9. The van der Waals surface area contributed by atoms with Crippen LogP contribution in [-0.2, 0) is 9.47 Å². The summed E-state index contributed by atoms with van der Waals surface area (Å²) in [5.41, 5.74) is 0. The molecule has 0 spiro atoms. The van der Waals surface area contributed by atoms with Gasteiger partial charge in [-0.15, -0.1) is 0 Å². The van der Waals surface area contributed by atoms with Gasteiger partial charge in [0.15, 0.2) is 6.29 Å². The molecule has 0 aromatic heterocycles. The van der Waals surface area contributed by atoms with E-state index < -0.39 is 0 Å². The van der Waals surface area contributed by atoms with E-state index in [1.165, 1.54) is 19.4 Å². The third-order valence-electron chi connectivity index (χ3n) is 3.31. The molecule has 1 aliphatic heterocycles. The first-order chi connectivity index (χ1) is 7.17. The van der Waals surface area contributed by atoms with Crippen LogP contribution in [0.2, 0.25) is 0 Å². The minimum Gasteiger partial charge on any atom is -0.355 e. The van der Waals surface area contributed by atoms with E-state index in [2.05, 4.69) is 24.2 Å². The summed E-state index contributed by atoms with van der Waals surface area (Å²) in [5.74, 6) is 0. The van der Waals surface area contributed by atoms with Crippen molar-refractivity contribution in [2.24, 2.45) is 0 Å². The van der Waals surface area contributed by atoms with Gasteiger partial charge in [-0.3, -0.25) is 0 Å². The molecule has 2 unspecified atom stereocenters. The number of hydrogen-bond donors (Lipinski definition) is 1. The summed E-state index contributed by atoms with van der Waals surface area (Å²) < 4.78 is 10.3. The van der Waals surface area contributed by atoms with Crippen LogP contribution in [0.1, 0.15) is 19.8 Å². The highest BCUT2D eigenvalue weighted by atomic mass is 16.7. The second-order valence-corrected chi connectivity index (χ2v) is 4.36. The second-order valence-electron chi connectivity index (χ2n) is 4.36. The fraction of sp³-hybridized carbons (Fsp3) is 1.00. The Morgan fingerprint density at radius 3 is 2.60 bits per heavy atom. The van der Waals surface area contributed by atoms with Gasteiger partial charge in [-0.1, -0.05) is 0 Å². The fourth-order valence-electron chi connectivity index (χ4n) is 2.00. The van der Waals surface area contributed by atoms with E-state index in [-0.39, 0.29) is 6.29 Å². The zero-order valence-electron chi connectivity index (χ0n) is 10.3. The summed E-state index contributed by atoms with van der Waals surface area (Å²) in [4.78, 5) is 2.41. The van der Waals surface area contributed by atoms with Gasteiger partial charge in [0, 0.05) is 32.8 Å². The van der Waals surface area contributed by atoms with Crippen LogP contribution in [0.3, 0.4) is 0 Å².